The highest BCUT2D eigenvalue weighted by Crippen LogP contribution is 2.32. The van der Waals surface area contributed by atoms with E-state index < -0.39 is 10.0 Å². The number of amides is 1. The summed E-state index contributed by atoms with van der Waals surface area (Å²) in [4.78, 5) is 11.6. The number of sulfonamides is 1. The highest BCUT2D eigenvalue weighted by molar-refractivity contribution is 9.10. The van der Waals surface area contributed by atoms with E-state index in [1.54, 1.807) is 30.3 Å². The fraction of sp³-hybridized carbons (Fsp3) is 0.0714. The number of anilines is 2. The minimum Gasteiger partial charge on any atom is -0.324 e. The Morgan fingerprint density at radius 2 is 1.90 bits per heavy atom. The fourth-order valence-corrected chi connectivity index (χ4v) is 3.84. The second-order valence-corrected chi connectivity index (χ2v) is 7.23. The van der Waals surface area contributed by atoms with E-state index in [2.05, 4.69) is 26.0 Å². The Morgan fingerprint density at radius 3 is 2.67 bits per heavy atom. The number of fused-ring (bicyclic) bond motifs is 1. The molecule has 0 saturated carbocycles. The van der Waals surface area contributed by atoms with Crippen molar-refractivity contribution in [2.24, 2.45) is 0 Å². The Balaban J connectivity index is 1.98. The SMILES string of the molecule is O=C1Cc2cccc(NS(=O)(=O)c3cccc(Br)c3)c2N1. The van der Waals surface area contributed by atoms with E-state index in [0.29, 0.717) is 15.8 Å². The van der Waals surface area contributed by atoms with E-state index in [4.69, 9.17) is 0 Å². The zero-order valence-corrected chi connectivity index (χ0v) is 13.2. The van der Waals surface area contributed by atoms with Crippen molar-refractivity contribution in [2.45, 2.75) is 11.3 Å². The molecule has 0 fully saturated rings. The number of para-hydroxylation sites is 1. The van der Waals surface area contributed by atoms with Crippen LogP contribution in [-0.2, 0) is 21.2 Å². The molecule has 3 rings (SSSR count). The highest BCUT2D eigenvalue weighted by atomic mass is 79.9. The molecule has 2 aromatic rings. The second kappa shape index (κ2) is 5.16. The van der Waals surface area contributed by atoms with Crippen LogP contribution in [-0.4, -0.2) is 14.3 Å². The maximum Gasteiger partial charge on any atom is 0.262 e. The summed E-state index contributed by atoms with van der Waals surface area (Å²) in [5.41, 5.74) is 1.69. The van der Waals surface area contributed by atoms with Gasteiger partial charge in [-0.05, 0) is 29.8 Å². The molecule has 1 amide bonds. The van der Waals surface area contributed by atoms with Gasteiger partial charge in [0.15, 0.2) is 0 Å². The van der Waals surface area contributed by atoms with Crippen molar-refractivity contribution < 1.29 is 13.2 Å². The number of nitrogens with one attached hydrogen (secondary N) is 2. The Morgan fingerprint density at radius 1 is 1.14 bits per heavy atom. The van der Waals surface area contributed by atoms with Gasteiger partial charge >= 0.3 is 0 Å². The molecule has 1 aliphatic rings. The molecule has 0 aliphatic carbocycles. The van der Waals surface area contributed by atoms with E-state index in [0.717, 1.165) is 5.56 Å². The van der Waals surface area contributed by atoms with Crippen molar-refractivity contribution >= 4 is 43.2 Å². The summed E-state index contributed by atoms with van der Waals surface area (Å²) in [5, 5.41) is 2.68. The predicted octanol–water partition coefficient (Wildman–Crippen LogP) is 2.74. The molecule has 0 aromatic heterocycles. The van der Waals surface area contributed by atoms with Crippen LogP contribution in [0.2, 0.25) is 0 Å². The Hall–Kier alpha value is -1.86. The average Bonchev–Trinajstić information content (AvgIpc) is 2.80. The van der Waals surface area contributed by atoms with E-state index in [1.165, 1.54) is 12.1 Å². The third kappa shape index (κ3) is 2.79. The smallest absolute Gasteiger partial charge is 0.262 e. The summed E-state index contributed by atoms with van der Waals surface area (Å²) in [6, 6.07) is 11.6. The van der Waals surface area contributed by atoms with Crippen LogP contribution in [0.15, 0.2) is 51.8 Å². The zero-order valence-electron chi connectivity index (χ0n) is 10.8. The summed E-state index contributed by atoms with van der Waals surface area (Å²) in [6.07, 6.45) is 0.266. The quantitative estimate of drug-likeness (QED) is 0.876. The maximum absolute atomic E-state index is 12.4. The molecule has 21 heavy (non-hydrogen) atoms. The number of benzene rings is 2. The minimum atomic E-state index is -3.71. The van der Waals surface area contributed by atoms with Crippen LogP contribution in [0.25, 0.3) is 0 Å². The molecule has 2 aromatic carbocycles. The van der Waals surface area contributed by atoms with Gasteiger partial charge in [0.25, 0.3) is 10.0 Å². The molecule has 0 bridgehead atoms. The summed E-state index contributed by atoms with van der Waals surface area (Å²) >= 11 is 3.25. The van der Waals surface area contributed by atoms with Gasteiger partial charge in [-0.3, -0.25) is 9.52 Å². The lowest BCUT2D eigenvalue weighted by Gasteiger charge is -2.12. The van der Waals surface area contributed by atoms with E-state index in [-0.39, 0.29) is 17.2 Å². The molecule has 0 spiro atoms. The average molecular weight is 367 g/mol. The summed E-state index contributed by atoms with van der Waals surface area (Å²) in [7, 11) is -3.71. The summed E-state index contributed by atoms with van der Waals surface area (Å²) < 4.78 is 28.0. The number of carbonyl (C=O) groups is 1. The van der Waals surface area contributed by atoms with Crippen LogP contribution < -0.4 is 10.0 Å². The molecule has 5 nitrogen and oxygen atoms in total. The number of halogens is 1. The molecular formula is C14H11BrN2O3S. The van der Waals surface area contributed by atoms with Crippen molar-refractivity contribution in [3.05, 3.63) is 52.5 Å². The first-order valence-electron chi connectivity index (χ1n) is 6.16. The van der Waals surface area contributed by atoms with Gasteiger partial charge in [0.1, 0.15) is 0 Å². The second-order valence-electron chi connectivity index (χ2n) is 4.63. The molecule has 108 valence electrons. The lowest BCUT2D eigenvalue weighted by Crippen LogP contribution is -2.14. The molecule has 0 unspecified atom stereocenters. The molecule has 0 atom stereocenters. The lowest BCUT2D eigenvalue weighted by molar-refractivity contribution is -0.115. The third-order valence-corrected chi connectivity index (χ3v) is 4.97. The standard InChI is InChI=1S/C14H11BrN2O3S/c15-10-4-2-5-11(8-10)21(19,20)17-12-6-1-3-9-7-13(18)16-14(9)12/h1-6,8,17H,7H2,(H,16,18). The number of carbonyl (C=O) groups excluding carboxylic acids is 1. The number of rotatable bonds is 3. The van der Waals surface area contributed by atoms with Crippen LogP contribution in [0, 0.1) is 0 Å². The maximum atomic E-state index is 12.4. The third-order valence-electron chi connectivity index (χ3n) is 3.12. The first-order chi connectivity index (χ1) is 9.95. The van der Waals surface area contributed by atoms with Gasteiger partial charge in [0, 0.05) is 4.47 Å². The lowest BCUT2D eigenvalue weighted by atomic mass is 10.1. The predicted molar refractivity (Wildman–Crippen MR) is 83.7 cm³/mol. The van der Waals surface area contributed by atoms with E-state index in [1.807, 2.05) is 0 Å². The molecular weight excluding hydrogens is 356 g/mol. The van der Waals surface area contributed by atoms with Gasteiger partial charge in [-0.2, -0.15) is 0 Å². The largest absolute Gasteiger partial charge is 0.324 e. The fourth-order valence-electron chi connectivity index (χ4n) is 2.17. The minimum absolute atomic E-state index is 0.140. The molecule has 1 aliphatic heterocycles. The van der Waals surface area contributed by atoms with Crippen molar-refractivity contribution in [1.82, 2.24) is 0 Å². The van der Waals surface area contributed by atoms with Crippen LogP contribution in [0.5, 0.6) is 0 Å². The first kappa shape index (κ1) is 14.1. The Bertz CT molecular complexity index is 834. The Kier molecular flexibility index (Phi) is 3.46. The van der Waals surface area contributed by atoms with Crippen molar-refractivity contribution in [3.63, 3.8) is 0 Å². The summed E-state index contributed by atoms with van der Waals surface area (Å²) in [6.45, 7) is 0. The highest BCUT2D eigenvalue weighted by Gasteiger charge is 2.23. The van der Waals surface area contributed by atoms with Gasteiger partial charge in [0.2, 0.25) is 5.91 Å². The van der Waals surface area contributed by atoms with Gasteiger partial charge in [0.05, 0.1) is 22.7 Å². The van der Waals surface area contributed by atoms with Crippen LogP contribution in [0.4, 0.5) is 11.4 Å². The molecule has 0 saturated heterocycles. The number of hydrogen-bond donors (Lipinski definition) is 2. The topological polar surface area (TPSA) is 75.3 Å². The van der Waals surface area contributed by atoms with E-state index in [9.17, 15) is 13.2 Å². The van der Waals surface area contributed by atoms with Gasteiger partial charge in [-0.1, -0.05) is 34.1 Å². The van der Waals surface area contributed by atoms with Gasteiger partial charge in [-0.15, -0.1) is 0 Å². The first-order valence-corrected chi connectivity index (χ1v) is 8.43. The van der Waals surface area contributed by atoms with Crippen molar-refractivity contribution in [1.29, 1.82) is 0 Å². The summed E-state index contributed by atoms with van der Waals surface area (Å²) in [5.74, 6) is -0.140. The number of hydrogen-bond acceptors (Lipinski definition) is 3. The molecule has 7 heteroatoms. The van der Waals surface area contributed by atoms with Crippen LogP contribution >= 0.6 is 15.9 Å². The van der Waals surface area contributed by atoms with Gasteiger partial charge < -0.3 is 5.32 Å². The molecule has 2 N–H and O–H groups in total. The zero-order chi connectivity index (χ0) is 15.0. The normalized spacial score (nSPS) is 13.7. The van der Waals surface area contributed by atoms with E-state index >= 15 is 0 Å². The van der Waals surface area contributed by atoms with Crippen molar-refractivity contribution in [2.75, 3.05) is 10.0 Å². The van der Waals surface area contributed by atoms with Crippen molar-refractivity contribution in [3.8, 4) is 0 Å². The monoisotopic (exact) mass is 366 g/mol. The van der Waals surface area contributed by atoms with Crippen LogP contribution in [0.1, 0.15) is 5.56 Å². The molecule has 1 heterocycles. The van der Waals surface area contributed by atoms with Crippen LogP contribution in [0.3, 0.4) is 0 Å². The molecule has 0 radical (unpaired) electrons. The van der Waals surface area contributed by atoms with Gasteiger partial charge in [-0.25, -0.2) is 8.42 Å². The Labute approximate surface area is 130 Å².